The Hall–Kier alpha value is -3.50. The lowest BCUT2D eigenvalue weighted by Crippen LogP contribution is -2.21. The smallest absolute Gasteiger partial charge is 0.416 e. The van der Waals surface area contributed by atoms with Crippen LogP contribution in [0.5, 0.6) is 5.75 Å². The highest BCUT2D eigenvalue weighted by Gasteiger charge is 2.32. The summed E-state index contributed by atoms with van der Waals surface area (Å²) in [7, 11) is 0. The fourth-order valence-corrected chi connectivity index (χ4v) is 2.27. The van der Waals surface area contributed by atoms with E-state index in [1.807, 2.05) is 0 Å². The van der Waals surface area contributed by atoms with E-state index in [1.165, 1.54) is 6.92 Å². The van der Waals surface area contributed by atoms with Crippen molar-refractivity contribution in [3.63, 3.8) is 0 Å². The van der Waals surface area contributed by atoms with Crippen LogP contribution in [-0.4, -0.2) is 11.9 Å². The molecule has 0 saturated carbocycles. The molecule has 1 unspecified atom stereocenters. The molecule has 0 fully saturated rings. The predicted octanol–water partition coefficient (Wildman–Crippen LogP) is 4.99. The van der Waals surface area contributed by atoms with Crippen LogP contribution < -0.4 is 10.1 Å². The zero-order valence-corrected chi connectivity index (χ0v) is 15.8. The molecule has 0 spiro atoms. The molecule has 11 heteroatoms. The van der Waals surface area contributed by atoms with E-state index >= 15 is 0 Å². The molecule has 0 aliphatic rings. The lowest BCUT2D eigenvalue weighted by atomic mass is 10.1. The maximum absolute atomic E-state index is 12.8. The molecule has 2 aromatic carbocycles. The van der Waals surface area contributed by atoms with Crippen LogP contribution in [0.1, 0.15) is 29.7 Å². The molecule has 0 aromatic heterocycles. The number of benzene rings is 2. The first-order valence-electron chi connectivity index (χ1n) is 8.51. The first-order valence-corrected chi connectivity index (χ1v) is 8.51. The van der Waals surface area contributed by atoms with Gasteiger partial charge in [0.05, 0.1) is 11.1 Å². The van der Waals surface area contributed by atoms with E-state index < -0.39 is 41.5 Å². The summed E-state index contributed by atoms with van der Waals surface area (Å²) in [5.41, 5.74) is -1.96. The summed E-state index contributed by atoms with van der Waals surface area (Å²) in [6, 6.07) is 6.77. The van der Waals surface area contributed by atoms with Crippen LogP contribution in [0.4, 0.5) is 26.3 Å². The molecule has 0 saturated heterocycles. The van der Waals surface area contributed by atoms with Crippen molar-refractivity contribution >= 4 is 11.9 Å². The molecule has 1 N–H and O–H groups in total. The Morgan fingerprint density at radius 2 is 1.35 bits per heavy atom. The molecule has 0 aliphatic heterocycles. The highest BCUT2D eigenvalue weighted by atomic mass is 19.4. The van der Waals surface area contributed by atoms with Crippen molar-refractivity contribution in [1.82, 2.24) is 5.32 Å². The Kier molecular flexibility index (Phi) is 7.32. The number of halogens is 6. The van der Waals surface area contributed by atoms with E-state index in [1.54, 1.807) is 0 Å². The summed E-state index contributed by atoms with van der Waals surface area (Å²) in [5, 5.41) is 2.20. The summed E-state index contributed by atoms with van der Waals surface area (Å²) in [6.07, 6.45) is -8.97. The molecule has 0 heterocycles. The van der Waals surface area contributed by atoms with Gasteiger partial charge in [-0.1, -0.05) is 12.1 Å². The van der Waals surface area contributed by atoms with E-state index in [-0.39, 0.29) is 11.3 Å². The molecule has 1 amide bonds. The molecule has 5 nitrogen and oxygen atoms in total. The van der Waals surface area contributed by atoms with Crippen molar-refractivity contribution in [3.8, 4) is 5.75 Å². The number of hydrogen-bond acceptors (Lipinski definition) is 4. The van der Waals surface area contributed by atoms with Crippen LogP contribution in [0.2, 0.25) is 0 Å². The Morgan fingerprint density at radius 3 is 1.81 bits per heavy atom. The molecule has 0 bridgehead atoms. The second-order valence-corrected chi connectivity index (χ2v) is 6.08. The van der Waals surface area contributed by atoms with Crippen LogP contribution in [0.25, 0.3) is 0 Å². The fraction of sp³-hybridized carbons (Fsp3) is 0.200. The number of hydrogen-bond donors (Lipinski definition) is 1. The van der Waals surface area contributed by atoms with Crippen molar-refractivity contribution < 1.29 is 45.4 Å². The van der Waals surface area contributed by atoms with E-state index in [0.717, 1.165) is 61.0 Å². The number of alkyl halides is 6. The number of carbonyl (C=O) groups is 2. The quantitative estimate of drug-likeness (QED) is 0.385. The Bertz CT molecular complexity index is 934. The molecule has 166 valence electrons. The summed E-state index contributed by atoms with van der Waals surface area (Å²) in [6.45, 7) is 1.20. The van der Waals surface area contributed by atoms with Gasteiger partial charge >= 0.3 is 18.3 Å². The van der Waals surface area contributed by atoms with Gasteiger partial charge in [-0.3, -0.25) is 4.79 Å². The zero-order valence-electron chi connectivity index (χ0n) is 15.8. The van der Waals surface area contributed by atoms with Gasteiger partial charge in [-0.25, -0.2) is 4.79 Å². The topological polar surface area (TPSA) is 64.6 Å². The maximum atomic E-state index is 12.8. The third-order valence-electron chi connectivity index (χ3n) is 3.73. The third-order valence-corrected chi connectivity index (χ3v) is 3.73. The predicted molar refractivity (Wildman–Crippen MR) is 95.3 cm³/mol. The molecule has 2 aromatic rings. The Morgan fingerprint density at radius 1 is 0.871 bits per heavy atom. The van der Waals surface area contributed by atoms with Crippen LogP contribution in [0.15, 0.2) is 61.0 Å². The molecule has 0 radical (unpaired) electrons. The monoisotopic (exact) mass is 447 g/mol. The Balaban J connectivity index is 2.28. The van der Waals surface area contributed by atoms with E-state index in [0.29, 0.717) is 0 Å². The maximum Gasteiger partial charge on any atom is 0.416 e. The third kappa shape index (κ3) is 7.05. The minimum absolute atomic E-state index is 0.0363. The molecule has 2 rings (SSSR count). The van der Waals surface area contributed by atoms with Crippen LogP contribution in [0.3, 0.4) is 0 Å². The summed E-state index contributed by atoms with van der Waals surface area (Å²) in [5.74, 6) is -1.69. The van der Waals surface area contributed by atoms with Crippen molar-refractivity contribution in [2.75, 3.05) is 0 Å². The number of rotatable bonds is 6. The number of ether oxygens (including phenoxy) is 2. The van der Waals surface area contributed by atoms with E-state index in [4.69, 9.17) is 9.47 Å². The number of carbonyl (C=O) groups excluding carboxylic acids is 2. The highest BCUT2D eigenvalue weighted by molar-refractivity contribution is 5.78. The molecule has 1 atom stereocenters. The summed E-state index contributed by atoms with van der Waals surface area (Å²) >= 11 is 0. The van der Waals surface area contributed by atoms with Gasteiger partial charge in [0.2, 0.25) is 12.0 Å². The van der Waals surface area contributed by atoms with Gasteiger partial charge in [0.1, 0.15) is 12.0 Å². The van der Waals surface area contributed by atoms with Gasteiger partial charge in [0.15, 0.2) is 0 Å². The summed E-state index contributed by atoms with van der Waals surface area (Å²) < 4.78 is 86.6. The SMILES string of the molecule is CC(=O)N/C=C/OC(=O)C(Oc1ccc(C(F)(F)F)cc1)c1ccc(C(F)(F)F)cc1. The second kappa shape index (κ2) is 9.54. The average molecular weight is 447 g/mol. The van der Waals surface area contributed by atoms with Crippen LogP contribution in [0, 0.1) is 0 Å². The van der Waals surface area contributed by atoms with Gasteiger partial charge < -0.3 is 14.8 Å². The highest BCUT2D eigenvalue weighted by Crippen LogP contribution is 2.33. The number of amides is 1. The minimum atomic E-state index is -4.61. The van der Waals surface area contributed by atoms with Crippen molar-refractivity contribution in [2.45, 2.75) is 25.4 Å². The van der Waals surface area contributed by atoms with Gasteiger partial charge in [0.25, 0.3) is 0 Å². The lowest BCUT2D eigenvalue weighted by molar-refractivity contribution is -0.146. The summed E-state index contributed by atoms with van der Waals surface area (Å²) in [4.78, 5) is 23.2. The fourth-order valence-electron chi connectivity index (χ4n) is 2.27. The Labute approximate surface area is 172 Å². The van der Waals surface area contributed by atoms with E-state index in [9.17, 15) is 35.9 Å². The first kappa shape index (κ1) is 23.8. The largest absolute Gasteiger partial charge is 0.474 e. The number of nitrogens with one attached hydrogen (secondary N) is 1. The normalized spacial score (nSPS) is 13.0. The van der Waals surface area contributed by atoms with Gasteiger partial charge in [-0.05, 0) is 36.4 Å². The standard InChI is InChI=1S/C20H15F6NO4/c1-12(28)27-10-11-30-18(29)17(13-2-4-14(5-3-13)19(21,22)23)31-16-8-6-15(7-9-16)20(24,25)26/h2-11,17H,1H3,(H,27,28)/b11-10+. The van der Waals surface area contributed by atoms with Gasteiger partial charge in [0, 0.05) is 18.7 Å². The molecule has 31 heavy (non-hydrogen) atoms. The van der Waals surface area contributed by atoms with Crippen LogP contribution >= 0.6 is 0 Å². The van der Waals surface area contributed by atoms with Gasteiger partial charge in [-0.15, -0.1) is 0 Å². The van der Waals surface area contributed by atoms with Crippen molar-refractivity contribution in [3.05, 3.63) is 77.7 Å². The van der Waals surface area contributed by atoms with Crippen LogP contribution in [-0.2, 0) is 26.7 Å². The van der Waals surface area contributed by atoms with Crippen molar-refractivity contribution in [1.29, 1.82) is 0 Å². The molecular formula is C20H15F6NO4. The average Bonchev–Trinajstić information content (AvgIpc) is 2.68. The first-order chi connectivity index (χ1) is 14.4. The van der Waals surface area contributed by atoms with Gasteiger partial charge in [-0.2, -0.15) is 26.3 Å². The molecule has 0 aliphatic carbocycles. The lowest BCUT2D eigenvalue weighted by Gasteiger charge is -2.18. The van der Waals surface area contributed by atoms with Crippen molar-refractivity contribution in [2.24, 2.45) is 0 Å². The minimum Gasteiger partial charge on any atom is -0.474 e. The second-order valence-electron chi connectivity index (χ2n) is 6.08. The molecular weight excluding hydrogens is 432 g/mol. The van der Waals surface area contributed by atoms with E-state index in [2.05, 4.69) is 5.32 Å². The zero-order chi connectivity index (χ0) is 23.2. The number of esters is 1.